The molecule has 1 aromatic carbocycles. The van der Waals surface area contributed by atoms with Gasteiger partial charge < -0.3 is 9.47 Å². The number of ether oxygens (including phenoxy) is 2. The molecule has 0 aromatic heterocycles. The predicted octanol–water partition coefficient (Wildman–Crippen LogP) is 4.77. The van der Waals surface area contributed by atoms with Crippen LogP contribution in [0, 0.1) is 0 Å². The van der Waals surface area contributed by atoms with E-state index < -0.39 is 0 Å². The summed E-state index contributed by atoms with van der Waals surface area (Å²) < 4.78 is 10.7. The number of esters is 2. The third-order valence-electron chi connectivity index (χ3n) is 3.58. The summed E-state index contributed by atoms with van der Waals surface area (Å²) in [6, 6.07) is 6.46. The van der Waals surface area contributed by atoms with E-state index in [0.717, 1.165) is 38.5 Å². The highest BCUT2D eigenvalue weighted by Gasteiger charge is 2.15. The molecule has 0 aliphatic rings. The van der Waals surface area contributed by atoms with Crippen LogP contribution in [0.25, 0.3) is 0 Å². The molecule has 0 saturated heterocycles. The van der Waals surface area contributed by atoms with Crippen LogP contribution in [0.15, 0.2) is 24.3 Å². The summed E-state index contributed by atoms with van der Waals surface area (Å²) in [4.78, 5) is 24.0. The average Bonchev–Trinajstić information content (AvgIpc) is 2.55. The van der Waals surface area contributed by atoms with Crippen molar-refractivity contribution in [3.8, 4) is 0 Å². The zero-order chi connectivity index (χ0) is 17.1. The molecule has 0 unspecified atom stereocenters. The van der Waals surface area contributed by atoms with E-state index >= 15 is 0 Å². The van der Waals surface area contributed by atoms with E-state index in [2.05, 4.69) is 13.8 Å². The summed E-state index contributed by atoms with van der Waals surface area (Å²) in [6.07, 6.45) is 5.53. The minimum Gasteiger partial charge on any atom is -0.462 e. The number of hydrogen-bond acceptors (Lipinski definition) is 4. The van der Waals surface area contributed by atoms with Crippen molar-refractivity contribution in [2.75, 3.05) is 6.61 Å². The standard InChI is InChI=1S/C19H28O4/c1-4-7-14-22-18(20)15-10-12-16(13-11-15)19(21)23-17(8-5-2)9-6-3/h10-13,17H,4-9,14H2,1-3H3. The van der Waals surface area contributed by atoms with Crippen molar-refractivity contribution in [2.45, 2.75) is 65.4 Å². The van der Waals surface area contributed by atoms with Gasteiger partial charge in [-0.25, -0.2) is 9.59 Å². The molecule has 23 heavy (non-hydrogen) atoms. The number of benzene rings is 1. The second-order valence-corrected chi connectivity index (χ2v) is 5.67. The van der Waals surface area contributed by atoms with Crippen LogP contribution in [0.3, 0.4) is 0 Å². The van der Waals surface area contributed by atoms with E-state index in [-0.39, 0.29) is 18.0 Å². The topological polar surface area (TPSA) is 52.6 Å². The molecule has 4 nitrogen and oxygen atoms in total. The molecule has 1 rings (SSSR count). The minimum absolute atomic E-state index is 0.0313. The van der Waals surface area contributed by atoms with Crippen LogP contribution < -0.4 is 0 Å². The van der Waals surface area contributed by atoms with Crippen LogP contribution in [0.2, 0.25) is 0 Å². The van der Waals surface area contributed by atoms with Gasteiger partial charge in [-0.05, 0) is 43.5 Å². The van der Waals surface area contributed by atoms with Crippen molar-refractivity contribution in [1.29, 1.82) is 0 Å². The highest BCUT2D eigenvalue weighted by Crippen LogP contribution is 2.14. The molecule has 1 aromatic rings. The van der Waals surface area contributed by atoms with Crippen molar-refractivity contribution >= 4 is 11.9 Å². The number of unbranched alkanes of at least 4 members (excludes halogenated alkanes) is 1. The molecule has 0 radical (unpaired) electrons. The normalized spacial score (nSPS) is 10.6. The Morgan fingerprint density at radius 1 is 0.870 bits per heavy atom. The smallest absolute Gasteiger partial charge is 0.338 e. The summed E-state index contributed by atoms with van der Waals surface area (Å²) in [6.45, 7) is 6.62. The first-order valence-corrected chi connectivity index (χ1v) is 8.60. The number of hydrogen-bond donors (Lipinski definition) is 0. The second-order valence-electron chi connectivity index (χ2n) is 5.67. The number of carbonyl (C=O) groups is 2. The first-order chi connectivity index (χ1) is 11.1. The van der Waals surface area contributed by atoms with Crippen LogP contribution in [-0.2, 0) is 9.47 Å². The van der Waals surface area contributed by atoms with Crippen LogP contribution in [-0.4, -0.2) is 24.6 Å². The molecule has 0 atom stereocenters. The molecule has 0 amide bonds. The lowest BCUT2D eigenvalue weighted by Gasteiger charge is -2.16. The summed E-state index contributed by atoms with van der Waals surface area (Å²) in [5.41, 5.74) is 0.920. The van der Waals surface area contributed by atoms with Gasteiger partial charge >= 0.3 is 11.9 Å². The molecule has 128 valence electrons. The first-order valence-electron chi connectivity index (χ1n) is 8.60. The molecule has 0 aliphatic heterocycles. The molecule has 0 bridgehead atoms. The van der Waals surface area contributed by atoms with E-state index in [4.69, 9.17) is 9.47 Å². The van der Waals surface area contributed by atoms with Gasteiger partial charge in [0.1, 0.15) is 6.10 Å². The Morgan fingerprint density at radius 3 is 1.87 bits per heavy atom. The largest absolute Gasteiger partial charge is 0.462 e. The van der Waals surface area contributed by atoms with Crippen molar-refractivity contribution in [3.63, 3.8) is 0 Å². The van der Waals surface area contributed by atoms with E-state index in [9.17, 15) is 9.59 Å². The Labute approximate surface area is 139 Å². The van der Waals surface area contributed by atoms with Gasteiger partial charge in [0.25, 0.3) is 0 Å². The van der Waals surface area contributed by atoms with Crippen molar-refractivity contribution < 1.29 is 19.1 Å². The molecule has 0 N–H and O–H groups in total. The molecule has 0 aliphatic carbocycles. The first kappa shape index (κ1) is 19.2. The van der Waals surface area contributed by atoms with Crippen LogP contribution in [0.5, 0.6) is 0 Å². The van der Waals surface area contributed by atoms with Crippen LogP contribution >= 0.6 is 0 Å². The van der Waals surface area contributed by atoms with E-state index in [1.165, 1.54) is 0 Å². The van der Waals surface area contributed by atoms with Gasteiger partial charge in [0.2, 0.25) is 0 Å². The van der Waals surface area contributed by atoms with Gasteiger partial charge in [0.05, 0.1) is 17.7 Å². The Hall–Kier alpha value is -1.84. The monoisotopic (exact) mass is 320 g/mol. The molecular weight excluding hydrogens is 292 g/mol. The van der Waals surface area contributed by atoms with Crippen molar-refractivity contribution in [3.05, 3.63) is 35.4 Å². The highest BCUT2D eigenvalue weighted by molar-refractivity contribution is 5.93. The lowest BCUT2D eigenvalue weighted by atomic mass is 10.1. The molecule has 0 spiro atoms. The summed E-state index contributed by atoms with van der Waals surface area (Å²) >= 11 is 0. The second kappa shape index (κ2) is 10.8. The number of rotatable bonds is 10. The Bertz CT molecular complexity index is 473. The average molecular weight is 320 g/mol. The zero-order valence-corrected chi connectivity index (χ0v) is 14.5. The molecule has 4 heteroatoms. The summed E-state index contributed by atoms with van der Waals surface area (Å²) in [5.74, 6) is -0.684. The van der Waals surface area contributed by atoms with Crippen molar-refractivity contribution in [1.82, 2.24) is 0 Å². The van der Waals surface area contributed by atoms with Gasteiger partial charge in [-0.3, -0.25) is 0 Å². The highest BCUT2D eigenvalue weighted by atomic mass is 16.5. The van der Waals surface area contributed by atoms with Crippen LogP contribution in [0.4, 0.5) is 0 Å². The lowest BCUT2D eigenvalue weighted by molar-refractivity contribution is 0.0257. The van der Waals surface area contributed by atoms with Gasteiger partial charge in [0, 0.05) is 0 Å². The van der Waals surface area contributed by atoms with Crippen molar-refractivity contribution in [2.24, 2.45) is 0 Å². The van der Waals surface area contributed by atoms with Gasteiger partial charge in [-0.2, -0.15) is 0 Å². The Kier molecular flexibility index (Phi) is 9.03. The lowest BCUT2D eigenvalue weighted by Crippen LogP contribution is -2.18. The summed E-state index contributed by atoms with van der Waals surface area (Å²) in [5, 5.41) is 0. The maximum atomic E-state index is 12.2. The quantitative estimate of drug-likeness (QED) is 0.460. The van der Waals surface area contributed by atoms with E-state index in [1.54, 1.807) is 24.3 Å². The van der Waals surface area contributed by atoms with Crippen LogP contribution in [0.1, 0.15) is 80.0 Å². The molecule has 0 saturated carbocycles. The summed E-state index contributed by atoms with van der Waals surface area (Å²) in [7, 11) is 0. The van der Waals surface area contributed by atoms with Gasteiger partial charge in [0.15, 0.2) is 0 Å². The maximum Gasteiger partial charge on any atom is 0.338 e. The predicted molar refractivity (Wildman–Crippen MR) is 90.7 cm³/mol. The fraction of sp³-hybridized carbons (Fsp3) is 0.579. The SMILES string of the molecule is CCCCOC(=O)c1ccc(C(=O)OC(CCC)CCC)cc1. The molecule has 0 heterocycles. The Balaban J connectivity index is 2.60. The third-order valence-corrected chi connectivity index (χ3v) is 3.58. The van der Waals surface area contributed by atoms with Gasteiger partial charge in [-0.1, -0.05) is 40.0 Å². The molecular formula is C19H28O4. The fourth-order valence-corrected chi connectivity index (χ4v) is 2.26. The Morgan fingerprint density at radius 2 is 1.39 bits per heavy atom. The van der Waals surface area contributed by atoms with Gasteiger partial charge in [-0.15, -0.1) is 0 Å². The maximum absolute atomic E-state index is 12.2. The minimum atomic E-state index is -0.354. The third kappa shape index (κ3) is 6.85. The fourth-order valence-electron chi connectivity index (χ4n) is 2.26. The molecule has 0 fully saturated rings. The van der Waals surface area contributed by atoms with E-state index in [1.807, 2.05) is 6.92 Å². The number of carbonyl (C=O) groups excluding carboxylic acids is 2. The van der Waals surface area contributed by atoms with E-state index in [0.29, 0.717) is 17.7 Å². The zero-order valence-electron chi connectivity index (χ0n) is 14.5.